The normalized spacial score (nSPS) is 40.6. The minimum atomic E-state index is -0.578. The van der Waals surface area contributed by atoms with Gasteiger partial charge in [-0.25, -0.2) is 0 Å². The van der Waals surface area contributed by atoms with Crippen LogP contribution >= 0.6 is 15.9 Å². The Labute approximate surface area is 175 Å². The number of carbonyl (C=O) groups excluding carboxylic acids is 2. The number of hydrogen-bond acceptors (Lipinski definition) is 2. The van der Waals surface area contributed by atoms with E-state index >= 15 is 0 Å². The molecule has 0 saturated carbocycles. The van der Waals surface area contributed by atoms with Crippen molar-refractivity contribution in [1.82, 2.24) is 0 Å². The fourth-order valence-corrected chi connectivity index (χ4v) is 7.39. The highest BCUT2D eigenvalue weighted by molar-refractivity contribution is 9.10. The molecule has 1 amide bonds. The Balaban J connectivity index is 1.68. The number of hydrogen-bond donors (Lipinski definition) is 2. The van der Waals surface area contributed by atoms with Gasteiger partial charge in [0.05, 0.1) is 5.69 Å². The van der Waals surface area contributed by atoms with Crippen LogP contribution in [0.25, 0.3) is 0 Å². The summed E-state index contributed by atoms with van der Waals surface area (Å²) in [5, 5.41) is 0. The Morgan fingerprint density at radius 1 is 1.11 bits per heavy atom. The van der Waals surface area contributed by atoms with Crippen molar-refractivity contribution in [1.29, 1.82) is 0 Å². The molecule has 1 aromatic carbocycles. The number of anilines is 1. The van der Waals surface area contributed by atoms with Crippen molar-refractivity contribution >= 4 is 33.3 Å². The molecule has 2 N–H and O–H groups in total. The number of nitrogens with one attached hydrogen (secondary N) is 2. The zero-order chi connectivity index (χ0) is 19.9. The van der Waals surface area contributed by atoms with Crippen molar-refractivity contribution < 1.29 is 19.4 Å². The molecule has 0 aromatic heterocycles. The van der Waals surface area contributed by atoms with E-state index in [0.717, 1.165) is 61.2 Å². The smallest absolute Gasteiger partial charge is 0.301 e. The first-order chi connectivity index (χ1) is 13.3. The predicted molar refractivity (Wildman–Crippen MR) is 110 cm³/mol. The molecule has 28 heavy (non-hydrogen) atoms. The molecule has 1 aromatic rings. The Kier molecular flexibility index (Phi) is 3.95. The summed E-state index contributed by atoms with van der Waals surface area (Å²) in [6, 6.07) is 6.28. The first kappa shape index (κ1) is 18.8. The summed E-state index contributed by atoms with van der Waals surface area (Å²) in [6.07, 6.45) is 3.17. The van der Waals surface area contributed by atoms with Gasteiger partial charge in [0.1, 0.15) is 42.6 Å². The monoisotopic (exact) mass is 447 g/mol. The molecule has 6 rings (SSSR count). The van der Waals surface area contributed by atoms with Crippen LogP contribution in [0.15, 0.2) is 22.7 Å². The maximum atomic E-state index is 13.9. The van der Waals surface area contributed by atoms with E-state index in [1.807, 2.05) is 11.0 Å². The van der Waals surface area contributed by atoms with Gasteiger partial charge in [-0.2, -0.15) is 0 Å². The molecule has 5 heterocycles. The van der Waals surface area contributed by atoms with Crippen LogP contribution in [0.5, 0.6) is 0 Å². The zero-order valence-electron chi connectivity index (χ0n) is 17.0. The summed E-state index contributed by atoms with van der Waals surface area (Å²) in [4.78, 5) is 32.0. The second-order valence-electron chi connectivity index (χ2n) is 9.65. The quantitative estimate of drug-likeness (QED) is 0.706. The lowest BCUT2D eigenvalue weighted by Gasteiger charge is -2.62. The van der Waals surface area contributed by atoms with Gasteiger partial charge in [-0.1, -0.05) is 35.7 Å². The Bertz CT molecular complexity index is 867. The van der Waals surface area contributed by atoms with Crippen LogP contribution in [0.4, 0.5) is 5.69 Å². The number of quaternary nitrogens is 2. The van der Waals surface area contributed by atoms with Gasteiger partial charge in [-0.05, 0) is 38.5 Å². The third-order valence-corrected chi connectivity index (χ3v) is 8.44. The van der Waals surface area contributed by atoms with Crippen molar-refractivity contribution in [3.8, 4) is 0 Å². The van der Waals surface area contributed by atoms with Crippen LogP contribution in [-0.2, 0) is 15.3 Å². The van der Waals surface area contributed by atoms with Crippen LogP contribution < -0.4 is 14.7 Å². The molecule has 1 spiro atoms. The number of benzene rings is 1. The van der Waals surface area contributed by atoms with Crippen LogP contribution in [-0.4, -0.2) is 44.4 Å². The molecule has 2 unspecified atom stereocenters. The number of piperidine rings is 2. The Hall–Kier alpha value is -1.24. The largest absolute Gasteiger partial charge is 0.353 e. The molecular formula is C22H30BrN3O2+2. The highest BCUT2D eigenvalue weighted by atomic mass is 79.9. The van der Waals surface area contributed by atoms with Crippen LogP contribution in [0.2, 0.25) is 0 Å². The van der Waals surface area contributed by atoms with Gasteiger partial charge in [-0.15, -0.1) is 0 Å². The Morgan fingerprint density at radius 2 is 1.79 bits per heavy atom. The van der Waals surface area contributed by atoms with Crippen molar-refractivity contribution in [3.05, 3.63) is 28.2 Å². The van der Waals surface area contributed by atoms with Crippen LogP contribution in [0, 0.1) is 10.8 Å². The second kappa shape index (κ2) is 5.89. The summed E-state index contributed by atoms with van der Waals surface area (Å²) in [7, 11) is 0. The summed E-state index contributed by atoms with van der Waals surface area (Å²) < 4.78 is 1.02. The van der Waals surface area contributed by atoms with Crippen molar-refractivity contribution in [2.24, 2.45) is 10.8 Å². The predicted octanol–water partition coefficient (Wildman–Crippen LogP) is 0.531. The van der Waals surface area contributed by atoms with E-state index in [2.05, 4.69) is 48.8 Å². The van der Waals surface area contributed by atoms with Gasteiger partial charge in [0.2, 0.25) is 0 Å². The number of amides is 1. The fraction of sp³-hybridized carbons (Fsp3) is 0.636. The zero-order valence-corrected chi connectivity index (χ0v) is 18.6. The van der Waals surface area contributed by atoms with Crippen molar-refractivity contribution in [2.45, 2.75) is 45.7 Å². The molecule has 5 aliphatic heterocycles. The van der Waals surface area contributed by atoms with Gasteiger partial charge in [0.15, 0.2) is 5.78 Å². The summed E-state index contributed by atoms with van der Waals surface area (Å²) >= 11 is 3.64. The highest BCUT2D eigenvalue weighted by Crippen LogP contribution is 2.45. The van der Waals surface area contributed by atoms with Crippen molar-refractivity contribution in [3.63, 3.8) is 0 Å². The minimum Gasteiger partial charge on any atom is -0.301 e. The topological polar surface area (TPSA) is 46.3 Å². The molecule has 4 saturated heterocycles. The SMILES string of the molecule is CCCCC12C[NH+]3CC(C)(C[NH+](C1)C31C(=O)N(CC)c3ccc(Br)cc31)C2=O. The van der Waals surface area contributed by atoms with Gasteiger partial charge in [0, 0.05) is 11.0 Å². The van der Waals surface area contributed by atoms with E-state index in [1.165, 1.54) is 9.80 Å². The molecule has 5 nitrogen and oxygen atoms in total. The molecule has 4 bridgehead atoms. The van der Waals surface area contributed by atoms with E-state index in [9.17, 15) is 9.59 Å². The number of likely N-dealkylation sites (N-methyl/N-ethyl adjacent to an activating group) is 1. The van der Waals surface area contributed by atoms with E-state index in [4.69, 9.17) is 0 Å². The molecule has 150 valence electrons. The van der Waals surface area contributed by atoms with E-state index in [0.29, 0.717) is 12.3 Å². The maximum Gasteiger partial charge on any atom is 0.353 e. The highest BCUT2D eigenvalue weighted by Gasteiger charge is 2.79. The third-order valence-electron chi connectivity index (χ3n) is 7.95. The molecule has 0 radical (unpaired) electrons. The lowest BCUT2D eigenvalue weighted by atomic mass is 9.58. The average molecular weight is 448 g/mol. The van der Waals surface area contributed by atoms with Crippen LogP contribution in [0.3, 0.4) is 0 Å². The lowest BCUT2D eigenvalue weighted by molar-refractivity contribution is -1.20. The van der Waals surface area contributed by atoms with E-state index in [1.54, 1.807) is 0 Å². The first-order valence-electron chi connectivity index (χ1n) is 10.7. The number of unbranched alkanes of at least 4 members (excludes halogenated alkanes) is 1. The minimum absolute atomic E-state index is 0.230. The summed E-state index contributed by atoms with van der Waals surface area (Å²) in [6.45, 7) is 10.3. The molecule has 4 fully saturated rings. The Morgan fingerprint density at radius 3 is 2.39 bits per heavy atom. The fourth-order valence-electron chi connectivity index (χ4n) is 7.02. The maximum absolute atomic E-state index is 13.9. The molecule has 5 aliphatic rings. The molecule has 6 heteroatoms. The molecular weight excluding hydrogens is 418 g/mol. The number of nitrogens with zero attached hydrogens (tertiary/aromatic N) is 1. The summed E-state index contributed by atoms with van der Waals surface area (Å²) in [5.74, 6) is 0.705. The summed E-state index contributed by atoms with van der Waals surface area (Å²) in [5.41, 5.74) is 1.09. The van der Waals surface area contributed by atoms with Gasteiger partial charge in [-0.3, -0.25) is 19.4 Å². The number of Topliss-reactive ketones (excluding diaryl/α,β-unsaturated/α-hetero) is 1. The number of rotatable bonds is 4. The average Bonchev–Trinajstić information content (AvgIpc) is 2.89. The van der Waals surface area contributed by atoms with Gasteiger partial charge >= 0.3 is 11.6 Å². The number of fused-ring (bicyclic) bond motifs is 1. The second-order valence-corrected chi connectivity index (χ2v) is 10.6. The third kappa shape index (κ3) is 2.04. The lowest BCUT2D eigenvalue weighted by Crippen LogP contribution is -3.48. The van der Waals surface area contributed by atoms with E-state index < -0.39 is 5.66 Å². The van der Waals surface area contributed by atoms with E-state index in [-0.39, 0.29) is 16.7 Å². The molecule has 2 atom stereocenters. The molecule has 0 aliphatic carbocycles. The van der Waals surface area contributed by atoms with Gasteiger partial charge < -0.3 is 4.90 Å². The first-order valence-corrected chi connectivity index (χ1v) is 11.5. The number of halogens is 1. The van der Waals surface area contributed by atoms with Crippen LogP contribution in [0.1, 0.15) is 45.6 Å². The standard InChI is InChI=1S/C22H28BrN3O2/c1-4-6-9-21-13-24-11-20(3,18(21)27)12-25(14-21)22(24)16-10-15(23)7-8-17(16)26(5-2)19(22)28/h7-8,10H,4-6,9,11-14H2,1-3H3/p+2. The number of ketones is 1. The van der Waals surface area contributed by atoms with Crippen molar-refractivity contribution in [2.75, 3.05) is 37.6 Å². The number of carbonyl (C=O) groups is 2. The van der Waals surface area contributed by atoms with Gasteiger partial charge in [0.25, 0.3) is 0 Å².